The number of phenolic OH excluding ortho intramolecular Hbond substituents is 1. The van der Waals surface area contributed by atoms with Crippen molar-refractivity contribution in [3.63, 3.8) is 0 Å². The lowest BCUT2D eigenvalue weighted by molar-refractivity contribution is 0.0769. The Bertz CT molecular complexity index is 557. The van der Waals surface area contributed by atoms with Gasteiger partial charge in [-0.1, -0.05) is 6.08 Å². The van der Waals surface area contributed by atoms with Crippen molar-refractivity contribution < 1.29 is 16.0 Å². The number of rotatable bonds is 6. The van der Waals surface area contributed by atoms with E-state index in [1.54, 1.807) is 11.0 Å². The summed E-state index contributed by atoms with van der Waals surface area (Å²) in [6.45, 7) is 8.36. The van der Waals surface area contributed by atoms with Gasteiger partial charge >= 0.3 is 0 Å². The maximum absolute atomic E-state index is 12.5. The van der Waals surface area contributed by atoms with Crippen molar-refractivity contribution in [3.05, 3.63) is 34.3 Å². The van der Waals surface area contributed by atoms with Gasteiger partial charge in [-0.15, -0.1) is 6.58 Å². The Morgan fingerprint density at radius 2 is 2.20 bits per heavy atom. The molecule has 0 saturated heterocycles. The van der Waals surface area contributed by atoms with Crippen LogP contribution in [0.15, 0.2) is 23.2 Å². The molecule has 0 spiro atoms. The van der Waals surface area contributed by atoms with Gasteiger partial charge in [-0.05, 0) is 42.2 Å². The lowest BCUT2D eigenvalue weighted by atomic mass is 10.0. The van der Waals surface area contributed by atoms with Crippen molar-refractivity contribution >= 4 is 21.8 Å². The van der Waals surface area contributed by atoms with E-state index in [-0.39, 0.29) is 23.3 Å². The smallest absolute Gasteiger partial charge is 0.257 e. The molecule has 0 aliphatic heterocycles. The van der Waals surface area contributed by atoms with Crippen LogP contribution in [0.3, 0.4) is 0 Å². The summed E-state index contributed by atoms with van der Waals surface area (Å²) in [6, 6.07) is -0.0749. The summed E-state index contributed by atoms with van der Waals surface area (Å²) in [6.07, 6.45) is 1.95. The molecule has 110 valence electrons. The standard InChI is InChI=1S/C15H20BrNO3/c1-5-8-10-13(18)11(9-12(16)14(10)20-4)15(19)17(6-2)7-3/h5,9,18H,1,6-8H2,2-4H3/i9D. The molecular formula is C15H20BrNO3. The number of aromatic hydroxyl groups is 1. The van der Waals surface area contributed by atoms with E-state index in [4.69, 9.17) is 6.11 Å². The van der Waals surface area contributed by atoms with Crippen LogP contribution in [0.4, 0.5) is 0 Å². The first-order valence-corrected chi connectivity index (χ1v) is 7.21. The van der Waals surface area contributed by atoms with Crippen LogP contribution in [0.2, 0.25) is 0 Å². The lowest BCUT2D eigenvalue weighted by Gasteiger charge is -2.21. The van der Waals surface area contributed by atoms with Crippen molar-refractivity contribution in [1.29, 1.82) is 0 Å². The van der Waals surface area contributed by atoms with Gasteiger partial charge in [0.15, 0.2) is 0 Å². The first-order valence-electron chi connectivity index (χ1n) is 6.92. The molecule has 1 N–H and O–H groups in total. The molecule has 1 aromatic carbocycles. The molecule has 0 unspecified atom stereocenters. The predicted octanol–water partition coefficient (Wildman–Crippen LogP) is 3.37. The van der Waals surface area contributed by atoms with Gasteiger partial charge in [0.2, 0.25) is 0 Å². The van der Waals surface area contributed by atoms with Crippen LogP contribution in [-0.2, 0) is 6.42 Å². The largest absolute Gasteiger partial charge is 0.507 e. The summed E-state index contributed by atoms with van der Waals surface area (Å²) in [4.78, 5) is 14.1. The van der Waals surface area contributed by atoms with E-state index in [1.807, 2.05) is 13.8 Å². The number of nitrogens with zero attached hydrogens (tertiary/aromatic N) is 1. The van der Waals surface area contributed by atoms with Crippen molar-refractivity contribution in [2.24, 2.45) is 0 Å². The molecule has 0 saturated carbocycles. The van der Waals surface area contributed by atoms with Crippen LogP contribution >= 0.6 is 15.9 Å². The molecule has 0 radical (unpaired) electrons. The van der Waals surface area contributed by atoms with E-state index in [0.29, 0.717) is 35.3 Å². The molecule has 1 amide bonds. The highest BCUT2D eigenvalue weighted by Crippen LogP contribution is 2.39. The number of phenols is 1. The van der Waals surface area contributed by atoms with Crippen LogP contribution in [0.1, 0.15) is 31.1 Å². The number of carbonyl (C=O) groups excluding carboxylic acids is 1. The molecule has 0 atom stereocenters. The van der Waals surface area contributed by atoms with Crippen molar-refractivity contribution in [2.45, 2.75) is 20.3 Å². The summed E-state index contributed by atoms with van der Waals surface area (Å²) in [5, 5.41) is 10.4. The quantitative estimate of drug-likeness (QED) is 0.806. The molecule has 5 heteroatoms. The lowest BCUT2D eigenvalue weighted by Crippen LogP contribution is -2.30. The second kappa shape index (κ2) is 7.33. The Balaban J connectivity index is 3.59. The molecule has 0 heterocycles. The Morgan fingerprint density at radius 1 is 1.60 bits per heavy atom. The third-order valence-corrected chi connectivity index (χ3v) is 3.61. The van der Waals surface area contributed by atoms with E-state index in [1.165, 1.54) is 7.11 Å². The first-order chi connectivity index (χ1) is 9.94. The van der Waals surface area contributed by atoms with Crippen LogP contribution in [0, 0.1) is 0 Å². The second-order valence-corrected chi connectivity index (χ2v) is 4.94. The number of carbonyl (C=O) groups is 1. The Kier molecular flexibility index (Phi) is 5.47. The Morgan fingerprint density at radius 3 is 2.65 bits per heavy atom. The van der Waals surface area contributed by atoms with E-state index < -0.39 is 0 Å². The van der Waals surface area contributed by atoms with E-state index in [9.17, 15) is 9.90 Å². The zero-order chi connectivity index (χ0) is 16.2. The summed E-state index contributed by atoms with van der Waals surface area (Å²) < 4.78 is 13.7. The van der Waals surface area contributed by atoms with Crippen LogP contribution in [-0.4, -0.2) is 36.1 Å². The monoisotopic (exact) mass is 342 g/mol. The molecular weight excluding hydrogens is 322 g/mol. The summed E-state index contributed by atoms with van der Waals surface area (Å²) in [7, 11) is 1.46. The summed E-state index contributed by atoms with van der Waals surface area (Å²) in [5.74, 6) is -0.221. The number of hydrogen-bond acceptors (Lipinski definition) is 3. The molecule has 4 nitrogen and oxygen atoms in total. The van der Waals surface area contributed by atoms with Gasteiger partial charge in [-0.3, -0.25) is 4.79 Å². The van der Waals surface area contributed by atoms with Gasteiger partial charge in [0.1, 0.15) is 11.5 Å². The van der Waals surface area contributed by atoms with Crippen molar-refractivity contribution in [1.82, 2.24) is 4.90 Å². The third kappa shape index (κ3) is 3.15. The topological polar surface area (TPSA) is 49.8 Å². The highest BCUT2D eigenvalue weighted by atomic mass is 79.9. The molecule has 1 aromatic rings. The number of ether oxygens (including phenoxy) is 1. The van der Waals surface area contributed by atoms with Gasteiger partial charge in [-0.25, -0.2) is 0 Å². The third-order valence-electron chi connectivity index (χ3n) is 3.05. The maximum Gasteiger partial charge on any atom is 0.257 e. The average Bonchev–Trinajstić information content (AvgIpc) is 2.46. The molecule has 0 aliphatic rings. The van der Waals surface area contributed by atoms with Crippen molar-refractivity contribution in [2.75, 3.05) is 20.2 Å². The zero-order valence-electron chi connectivity index (χ0n) is 13.0. The fourth-order valence-corrected chi connectivity index (χ4v) is 2.59. The molecule has 0 aliphatic carbocycles. The van der Waals surface area contributed by atoms with Crippen LogP contribution in [0.5, 0.6) is 11.5 Å². The molecule has 0 fully saturated rings. The highest BCUT2D eigenvalue weighted by Gasteiger charge is 2.23. The summed E-state index contributed by atoms with van der Waals surface area (Å²) >= 11 is 3.28. The minimum Gasteiger partial charge on any atom is -0.507 e. The predicted molar refractivity (Wildman–Crippen MR) is 83.5 cm³/mol. The Hall–Kier alpha value is -1.49. The van der Waals surface area contributed by atoms with Gasteiger partial charge in [-0.2, -0.15) is 0 Å². The molecule has 1 rings (SSSR count). The highest BCUT2D eigenvalue weighted by molar-refractivity contribution is 9.10. The minimum atomic E-state index is -0.365. The van der Waals surface area contributed by atoms with Gasteiger partial charge < -0.3 is 14.7 Å². The van der Waals surface area contributed by atoms with Crippen LogP contribution < -0.4 is 4.74 Å². The number of hydrogen-bond donors (Lipinski definition) is 1. The van der Waals surface area contributed by atoms with Gasteiger partial charge in [0.25, 0.3) is 5.91 Å². The van der Waals surface area contributed by atoms with E-state index in [2.05, 4.69) is 22.5 Å². The average molecular weight is 343 g/mol. The maximum atomic E-state index is 12.5. The number of methoxy groups -OCH3 is 1. The number of benzene rings is 1. The number of allylic oxidation sites excluding steroid dienone is 1. The molecule has 0 bridgehead atoms. The number of halogens is 1. The minimum absolute atomic E-state index is 0.0109. The first kappa shape index (κ1) is 14.9. The zero-order valence-corrected chi connectivity index (χ0v) is 13.6. The number of amides is 1. The normalized spacial score (nSPS) is 10.9. The molecule has 20 heavy (non-hydrogen) atoms. The second-order valence-electron chi connectivity index (χ2n) is 4.14. The van der Waals surface area contributed by atoms with E-state index >= 15 is 0 Å². The van der Waals surface area contributed by atoms with Gasteiger partial charge in [0.05, 0.1) is 18.5 Å². The Labute approximate surface area is 129 Å². The summed E-state index contributed by atoms with van der Waals surface area (Å²) in [5.41, 5.74) is 0.439. The van der Waals surface area contributed by atoms with Gasteiger partial charge in [0, 0.05) is 18.7 Å². The molecule has 0 aromatic heterocycles. The fraction of sp³-hybridized carbons (Fsp3) is 0.400. The fourth-order valence-electron chi connectivity index (χ4n) is 1.99. The van der Waals surface area contributed by atoms with E-state index in [0.717, 1.165) is 0 Å². The van der Waals surface area contributed by atoms with Crippen LogP contribution in [0.25, 0.3) is 0 Å². The SMILES string of the molecule is [2H]c1c(Br)c(OC)c(CC=C)c(O)c1C(=O)N(CC)CC. The van der Waals surface area contributed by atoms with Crippen molar-refractivity contribution in [3.8, 4) is 11.5 Å².